The first-order chi connectivity index (χ1) is 8.91. The van der Waals surface area contributed by atoms with E-state index in [-0.39, 0.29) is 6.54 Å². The zero-order valence-corrected chi connectivity index (χ0v) is 10.3. The fourth-order valence-electron chi connectivity index (χ4n) is 1.50. The molecule has 0 saturated heterocycles. The second-order valence-electron chi connectivity index (χ2n) is 3.64. The molecule has 0 aliphatic rings. The molecule has 19 heavy (non-hydrogen) atoms. The Bertz CT molecular complexity index is 590. The number of carbonyl (C=O) groups is 1. The van der Waals surface area contributed by atoms with Crippen molar-refractivity contribution in [1.82, 2.24) is 15.2 Å². The minimum Gasteiger partial charge on any atom is -0.289 e. The number of hydrogen-bond donors (Lipinski definition) is 2. The van der Waals surface area contributed by atoms with Crippen LogP contribution in [0.1, 0.15) is 20.9 Å². The van der Waals surface area contributed by atoms with Crippen molar-refractivity contribution >= 4 is 17.2 Å². The van der Waals surface area contributed by atoms with Gasteiger partial charge in [-0.25, -0.2) is 5.84 Å². The number of carbonyl (C=O) groups excluding carboxylic acids is 1. The largest absolute Gasteiger partial charge is 0.435 e. The topological polar surface area (TPSA) is 72.9 Å². The van der Waals surface area contributed by atoms with E-state index in [0.29, 0.717) is 10.4 Å². The molecule has 5 nitrogen and oxygen atoms in total. The van der Waals surface area contributed by atoms with E-state index >= 15 is 0 Å². The van der Waals surface area contributed by atoms with Gasteiger partial charge >= 0.3 is 6.18 Å². The van der Waals surface area contributed by atoms with Gasteiger partial charge in [-0.2, -0.15) is 18.3 Å². The number of alkyl halides is 3. The highest BCUT2D eigenvalue weighted by atomic mass is 32.1. The Morgan fingerprint density at radius 1 is 1.47 bits per heavy atom. The number of hydrogen-bond acceptors (Lipinski definition) is 4. The van der Waals surface area contributed by atoms with E-state index in [1.54, 1.807) is 11.4 Å². The van der Waals surface area contributed by atoms with Crippen LogP contribution in [0.15, 0.2) is 23.7 Å². The van der Waals surface area contributed by atoms with E-state index in [9.17, 15) is 18.0 Å². The molecule has 0 atom stereocenters. The van der Waals surface area contributed by atoms with Gasteiger partial charge in [-0.15, -0.1) is 11.3 Å². The highest BCUT2D eigenvalue weighted by Crippen LogP contribution is 2.27. The molecule has 0 unspecified atom stereocenters. The first-order valence-electron chi connectivity index (χ1n) is 5.10. The predicted molar refractivity (Wildman–Crippen MR) is 62.3 cm³/mol. The number of nitrogens with one attached hydrogen (secondary N) is 1. The van der Waals surface area contributed by atoms with E-state index < -0.39 is 17.8 Å². The monoisotopic (exact) mass is 290 g/mol. The molecule has 0 fully saturated rings. The molecule has 0 bridgehead atoms. The Kier molecular flexibility index (Phi) is 3.58. The molecular formula is C10H9F3N4OS. The number of hydrazine groups is 1. The highest BCUT2D eigenvalue weighted by molar-refractivity contribution is 7.12. The smallest absolute Gasteiger partial charge is 0.289 e. The van der Waals surface area contributed by atoms with Crippen molar-refractivity contribution in [3.05, 3.63) is 39.8 Å². The summed E-state index contributed by atoms with van der Waals surface area (Å²) in [7, 11) is 0. The van der Waals surface area contributed by atoms with Crippen LogP contribution < -0.4 is 11.3 Å². The highest BCUT2D eigenvalue weighted by Gasteiger charge is 2.33. The lowest BCUT2D eigenvalue weighted by molar-refractivity contribution is -0.141. The molecule has 0 spiro atoms. The molecule has 102 valence electrons. The number of rotatable bonds is 3. The van der Waals surface area contributed by atoms with Crippen molar-refractivity contribution in [2.45, 2.75) is 12.7 Å². The molecule has 2 heterocycles. The third-order valence-electron chi connectivity index (χ3n) is 2.35. The SMILES string of the molecule is NNC(=O)c1sccc1Cn1ccc(C(F)(F)F)n1. The van der Waals surface area contributed by atoms with E-state index in [0.717, 1.165) is 22.1 Å². The van der Waals surface area contributed by atoms with Gasteiger partial charge in [0.05, 0.1) is 11.4 Å². The van der Waals surface area contributed by atoms with Gasteiger partial charge in [0.2, 0.25) is 0 Å². The van der Waals surface area contributed by atoms with Crippen LogP contribution in [0.4, 0.5) is 13.2 Å². The molecule has 2 aromatic rings. The minimum atomic E-state index is -4.47. The van der Waals surface area contributed by atoms with Crippen molar-refractivity contribution in [1.29, 1.82) is 0 Å². The number of aromatic nitrogens is 2. The number of amides is 1. The van der Waals surface area contributed by atoms with Crippen LogP contribution in [0.3, 0.4) is 0 Å². The van der Waals surface area contributed by atoms with Crippen LogP contribution in [-0.2, 0) is 12.7 Å². The van der Waals surface area contributed by atoms with Gasteiger partial charge < -0.3 is 0 Å². The van der Waals surface area contributed by atoms with Gasteiger partial charge in [0.25, 0.3) is 5.91 Å². The van der Waals surface area contributed by atoms with Crippen molar-refractivity contribution in [3.63, 3.8) is 0 Å². The first-order valence-corrected chi connectivity index (χ1v) is 5.97. The van der Waals surface area contributed by atoms with Crippen molar-refractivity contribution in [3.8, 4) is 0 Å². The summed E-state index contributed by atoms with van der Waals surface area (Å²) in [6, 6.07) is 2.53. The molecule has 0 aliphatic heterocycles. The number of nitrogens with two attached hydrogens (primary N) is 1. The summed E-state index contributed by atoms with van der Waals surface area (Å²) in [4.78, 5) is 11.8. The Labute approximate surface area is 109 Å². The first kappa shape index (κ1) is 13.6. The van der Waals surface area contributed by atoms with Gasteiger partial charge in [0.1, 0.15) is 0 Å². The lowest BCUT2D eigenvalue weighted by Gasteiger charge is -2.04. The number of nitrogens with zero attached hydrogens (tertiary/aromatic N) is 2. The number of thiophene rings is 1. The van der Waals surface area contributed by atoms with Crippen LogP contribution in [0, 0.1) is 0 Å². The normalized spacial score (nSPS) is 11.6. The fourth-order valence-corrected chi connectivity index (χ4v) is 2.32. The summed E-state index contributed by atoms with van der Waals surface area (Å²) in [5, 5.41) is 5.08. The average molecular weight is 290 g/mol. The molecule has 0 aromatic carbocycles. The van der Waals surface area contributed by atoms with Crippen LogP contribution >= 0.6 is 11.3 Å². The van der Waals surface area contributed by atoms with Crippen LogP contribution in [0.25, 0.3) is 0 Å². The molecule has 2 aromatic heterocycles. The van der Waals surface area contributed by atoms with Crippen LogP contribution in [0.5, 0.6) is 0 Å². The third kappa shape index (κ3) is 2.93. The maximum absolute atomic E-state index is 12.4. The van der Waals surface area contributed by atoms with Gasteiger partial charge in [-0.05, 0) is 23.1 Å². The summed E-state index contributed by atoms with van der Waals surface area (Å²) >= 11 is 1.16. The van der Waals surface area contributed by atoms with Gasteiger partial charge in [0, 0.05) is 6.20 Å². The van der Waals surface area contributed by atoms with Gasteiger partial charge in [-0.1, -0.05) is 0 Å². The Hall–Kier alpha value is -1.87. The quantitative estimate of drug-likeness (QED) is 0.512. The summed E-state index contributed by atoms with van der Waals surface area (Å²) in [5.74, 6) is 4.54. The Morgan fingerprint density at radius 2 is 2.21 bits per heavy atom. The predicted octanol–water partition coefficient (Wildman–Crippen LogP) is 1.62. The number of halogens is 3. The van der Waals surface area contributed by atoms with Crippen molar-refractivity contribution in [2.24, 2.45) is 5.84 Å². The average Bonchev–Trinajstić information content (AvgIpc) is 2.97. The Balaban J connectivity index is 2.20. The standard InChI is InChI=1S/C10H9F3N4OS/c11-10(12,13)7-1-3-17(16-7)5-6-2-4-19-8(6)9(18)15-14/h1-4H,5,14H2,(H,15,18). The zero-order valence-electron chi connectivity index (χ0n) is 9.44. The third-order valence-corrected chi connectivity index (χ3v) is 3.30. The lowest BCUT2D eigenvalue weighted by Crippen LogP contribution is -2.30. The minimum absolute atomic E-state index is 0.0718. The van der Waals surface area contributed by atoms with Crippen molar-refractivity contribution in [2.75, 3.05) is 0 Å². The van der Waals surface area contributed by atoms with Crippen molar-refractivity contribution < 1.29 is 18.0 Å². The van der Waals surface area contributed by atoms with E-state index in [2.05, 4.69) is 5.10 Å². The summed E-state index contributed by atoms with van der Waals surface area (Å²) in [6.45, 7) is 0.0718. The fraction of sp³-hybridized carbons (Fsp3) is 0.200. The van der Waals surface area contributed by atoms with Crippen LogP contribution in [-0.4, -0.2) is 15.7 Å². The molecule has 0 saturated carbocycles. The summed E-state index contributed by atoms with van der Waals surface area (Å²) in [5.41, 5.74) is 1.58. The lowest BCUT2D eigenvalue weighted by atomic mass is 10.2. The maximum Gasteiger partial charge on any atom is 0.435 e. The van der Waals surface area contributed by atoms with E-state index in [4.69, 9.17) is 5.84 Å². The second kappa shape index (κ2) is 5.02. The molecule has 0 radical (unpaired) electrons. The van der Waals surface area contributed by atoms with Crippen LogP contribution in [0.2, 0.25) is 0 Å². The molecule has 3 N–H and O–H groups in total. The maximum atomic E-state index is 12.4. The number of nitrogen functional groups attached to an aromatic ring is 1. The van der Waals surface area contributed by atoms with E-state index in [1.807, 2.05) is 5.43 Å². The second-order valence-corrected chi connectivity index (χ2v) is 4.56. The molecule has 9 heteroatoms. The molecule has 1 amide bonds. The summed E-state index contributed by atoms with van der Waals surface area (Å²) < 4.78 is 38.3. The van der Waals surface area contributed by atoms with Gasteiger partial charge in [-0.3, -0.25) is 14.9 Å². The summed E-state index contributed by atoms with van der Waals surface area (Å²) in [6.07, 6.45) is -3.26. The molecular weight excluding hydrogens is 281 g/mol. The van der Waals surface area contributed by atoms with Gasteiger partial charge in [0.15, 0.2) is 5.69 Å². The molecule has 0 aliphatic carbocycles. The Morgan fingerprint density at radius 3 is 2.79 bits per heavy atom. The molecule has 2 rings (SSSR count). The zero-order chi connectivity index (χ0) is 14.0. The van der Waals surface area contributed by atoms with E-state index in [1.165, 1.54) is 6.20 Å².